The quantitative estimate of drug-likeness (QED) is 0.154. The van der Waals surface area contributed by atoms with Crippen LogP contribution in [0.4, 0.5) is 36.6 Å². The zero-order chi connectivity index (χ0) is 35.1. The predicted octanol–water partition coefficient (Wildman–Crippen LogP) is 6.03. The van der Waals surface area contributed by atoms with Gasteiger partial charge in [0.25, 0.3) is 5.92 Å². The van der Waals surface area contributed by atoms with Gasteiger partial charge in [-0.2, -0.15) is 28.2 Å². The van der Waals surface area contributed by atoms with E-state index in [-0.39, 0.29) is 58.8 Å². The van der Waals surface area contributed by atoms with Crippen LogP contribution in [0.5, 0.6) is 6.01 Å². The van der Waals surface area contributed by atoms with Crippen LogP contribution in [-0.2, 0) is 11.0 Å². The Labute approximate surface area is 276 Å². The van der Waals surface area contributed by atoms with Crippen molar-refractivity contribution in [1.29, 1.82) is 0 Å². The lowest BCUT2D eigenvalue weighted by Crippen LogP contribution is -2.58. The monoisotopic (exact) mass is 693 g/mol. The number of ether oxygens (including phenoxy) is 1. The maximum absolute atomic E-state index is 16.8. The van der Waals surface area contributed by atoms with Crippen molar-refractivity contribution in [2.24, 2.45) is 5.41 Å². The van der Waals surface area contributed by atoms with E-state index in [1.807, 2.05) is 11.8 Å². The molecule has 2 bridgehead atoms. The number of carbonyl (C=O) groups excluding carboxylic acids is 1. The van der Waals surface area contributed by atoms with Gasteiger partial charge in [-0.15, -0.1) is 0 Å². The summed E-state index contributed by atoms with van der Waals surface area (Å²) in [5, 5.41) is 9.67. The van der Waals surface area contributed by atoms with Crippen LogP contribution >= 0.6 is 0 Å². The van der Waals surface area contributed by atoms with Gasteiger partial charge < -0.3 is 24.6 Å². The Morgan fingerprint density at radius 3 is 2.59 bits per heavy atom. The van der Waals surface area contributed by atoms with E-state index in [4.69, 9.17) is 4.74 Å². The molecule has 1 aliphatic carbocycles. The first-order chi connectivity index (χ1) is 23.0. The molecule has 2 saturated heterocycles. The highest BCUT2D eigenvalue weighted by atomic mass is 19.4. The van der Waals surface area contributed by atoms with Crippen molar-refractivity contribution in [2.45, 2.75) is 63.2 Å². The Hall–Kier alpha value is -4.05. The minimum absolute atomic E-state index is 0.0356. The summed E-state index contributed by atoms with van der Waals surface area (Å²) in [6.45, 7) is 3.57. The van der Waals surface area contributed by atoms with Crippen molar-refractivity contribution in [3.63, 3.8) is 0 Å². The van der Waals surface area contributed by atoms with E-state index in [1.54, 1.807) is 11.9 Å². The number of aldehydes is 1. The minimum Gasteiger partial charge on any atom is -0.463 e. The molecule has 3 fully saturated rings. The fraction of sp³-hybridized carbons (Fsp3) is 0.515. The molecule has 16 heteroatoms. The van der Waals surface area contributed by atoms with E-state index in [2.05, 4.69) is 25.5 Å². The van der Waals surface area contributed by atoms with Crippen LogP contribution in [0.1, 0.15) is 43.7 Å². The highest BCUT2D eigenvalue weighted by molar-refractivity contribution is 6.01. The molecule has 0 spiro atoms. The second-order valence-corrected chi connectivity index (χ2v) is 14.0. The number of hydrogen-bond donors (Lipinski definition) is 2. The molecule has 2 N–H and O–H groups in total. The topological polar surface area (TPSA) is 99.3 Å². The molecule has 262 valence electrons. The van der Waals surface area contributed by atoms with Crippen LogP contribution in [0.25, 0.3) is 32.9 Å². The van der Waals surface area contributed by atoms with E-state index in [1.165, 1.54) is 13.0 Å². The van der Waals surface area contributed by atoms with Gasteiger partial charge in [0.15, 0.2) is 5.82 Å². The fourth-order valence-corrected chi connectivity index (χ4v) is 7.68. The van der Waals surface area contributed by atoms with Gasteiger partial charge in [-0.3, -0.25) is 5.10 Å². The highest BCUT2D eigenvalue weighted by Gasteiger charge is 2.71. The highest BCUT2D eigenvalue weighted by Crippen LogP contribution is 2.61. The largest absolute Gasteiger partial charge is 0.463 e. The van der Waals surface area contributed by atoms with Gasteiger partial charge >= 0.3 is 12.2 Å². The maximum Gasteiger partial charge on any atom is 0.417 e. The zero-order valence-electron chi connectivity index (χ0n) is 26.9. The van der Waals surface area contributed by atoms with Crippen molar-refractivity contribution in [3.05, 3.63) is 41.1 Å². The Morgan fingerprint density at radius 1 is 1.16 bits per heavy atom. The SMILES string of the molecule is Cc1cc2[nH]ncc2c(-c2c(F)cc3c(N4CC5CC[C@@](C)(C4)N5)nc(OC[C@]4(CN(C)CCC=O)CC4(F)F)nc3c2F)c1C(F)(F)F. The lowest BCUT2D eigenvalue weighted by Gasteiger charge is -2.40. The molecule has 4 aromatic rings. The van der Waals surface area contributed by atoms with Gasteiger partial charge in [0.1, 0.15) is 30.0 Å². The predicted molar refractivity (Wildman–Crippen MR) is 167 cm³/mol. The molecule has 3 aliphatic rings. The fourth-order valence-electron chi connectivity index (χ4n) is 7.68. The molecule has 3 atom stereocenters. The van der Waals surface area contributed by atoms with Crippen LogP contribution in [0, 0.1) is 24.0 Å². The molecule has 2 aromatic carbocycles. The average molecular weight is 694 g/mol. The molecular formula is C33H34F7N7O2. The lowest BCUT2D eigenvalue weighted by atomic mass is 9.90. The third-order valence-electron chi connectivity index (χ3n) is 10.1. The molecule has 0 radical (unpaired) electrons. The number of hydrogen-bond acceptors (Lipinski definition) is 8. The molecule has 7 rings (SSSR count). The minimum atomic E-state index is -4.98. The number of halogens is 7. The second-order valence-electron chi connectivity index (χ2n) is 14.0. The third kappa shape index (κ3) is 5.75. The summed E-state index contributed by atoms with van der Waals surface area (Å²) < 4.78 is 112. The van der Waals surface area contributed by atoms with E-state index < -0.39 is 70.4 Å². The molecule has 0 amide bonds. The summed E-state index contributed by atoms with van der Waals surface area (Å²) >= 11 is 0. The number of aromatic nitrogens is 4. The van der Waals surface area contributed by atoms with Crippen molar-refractivity contribution in [2.75, 3.05) is 44.7 Å². The van der Waals surface area contributed by atoms with Crippen molar-refractivity contribution in [3.8, 4) is 17.1 Å². The summed E-state index contributed by atoms with van der Waals surface area (Å²) in [5.74, 6) is -5.66. The van der Waals surface area contributed by atoms with E-state index in [0.717, 1.165) is 25.1 Å². The van der Waals surface area contributed by atoms with Crippen molar-refractivity contribution in [1.82, 2.24) is 30.4 Å². The summed E-state index contributed by atoms with van der Waals surface area (Å²) in [4.78, 5) is 22.9. The molecule has 4 heterocycles. The first-order valence-corrected chi connectivity index (χ1v) is 15.9. The number of piperazine rings is 1. The Morgan fingerprint density at radius 2 is 1.92 bits per heavy atom. The second kappa shape index (κ2) is 11.5. The van der Waals surface area contributed by atoms with E-state index >= 15 is 8.78 Å². The van der Waals surface area contributed by atoms with Gasteiger partial charge in [-0.25, -0.2) is 17.6 Å². The molecule has 2 aromatic heterocycles. The number of anilines is 1. The van der Waals surface area contributed by atoms with Gasteiger partial charge in [-0.1, -0.05) is 0 Å². The van der Waals surface area contributed by atoms with Crippen LogP contribution in [0.2, 0.25) is 0 Å². The molecule has 1 unspecified atom stereocenters. The van der Waals surface area contributed by atoms with Gasteiger partial charge in [0.05, 0.1) is 28.3 Å². The number of carbonyl (C=O) groups is 1. The summed E-state index contributed by atoms with van der Waals surface area (Å²) in [5.41, 5.74) is -5.55. The summed E-state index contributed by atoms with van der Waals surface area (Å²) in [6.07, 6.45) is -1.89. The summed E-state index contributed by atoms with van der Waals surface area (Å²) in [7, 11) is 1.60. The number of nitrogens with one attached hydrogen (secondary N) is 2. The first kappa shape index (κ1) is 33.4. The third-order valence-corrected chi connectivity index (χ3v) is 10.1. The number of H-pyrrole nitrogens is 1. The standard InChI is InChI=1S/C33H34F7N7O2/c1-17-9-22-20(11-41-45-22)23(25(17)33(38,39)40)24-21(34)10-19-27(26(24)35)42-29(43-28(19)47-12-18-5-6-30(2,14-47)44-18)49-16-31(13-32(31,36)37)15-46(3)7-4-8-48/h8-11,18,44H,4-7,12-16H2,1-3H3,(H,41,45)/t18?,30-,31+/m0/s1. The van der Waals surface area contributed by atoms with Gasteiger partial charge in [0.2, 0.25) is 0 Å². The van der Waals surface area contributed by atoms with Gasteiger partial charge in [0, 0.05) is 66.9 Å². The maximum atomic E-state index is 16.8. The molecule has 1 saturated carbocycles. The van der Waals surface area contributed by atoms with Crippen LogP contribution in [-0.4, -0.2) is 88.7 Å². The number of nitrogens with zero attached hydrogens (tertiary/aromatic N) is 5. The first-order valence-electron chi connectivity index (χ1n) is 15.9. The lowest BCUT2D eigenvalue weighted by molar-refractivity contribution is -0.137. The molecular weight excluding hydrogens is 659 g/mol. The Kier molecular flexibility index (Phi) is 7.85. The Balaban J connectivity index is 1.38. The average Bonchev–Trinajstić information content (AvgIpc) is 3.27. The molecule has 9 nitrogen and oxygen atoms in total. The zero-order valence-corrected chi connectivity index (χ0v) is 26.9. The number of rotatable bonds is 10. The summed E-state index contributed by atoms with van der Waals surface area (Å²) in [6, 6.07) is 1.69. The molecule has 2 aliphatic heterocycles. The number of fused-ring (bicyclic) bond motifs is 4. The number of benzene rings is 2. The van der Waals surface area contributed by atoms with Gasteiger partial charge in [-0.05, 0) is 51.4 Å². The number of aromatic amines is 1. The van der Waals surface area contributed by atoms with Crippen LogP contribution in [0.15, 0.2) is 18.3 Å². The van der Waals surface area contributed by atoms with Crippen molar-refractivity contribution < 1.29 is 40.3 Å². The number of aryl methyl sites for hydroxylation is 1. The number of alkyl halides is 5. The van der Waals surface area contributed by atoms with Crippen LogP contribution < -0.4 is 15.0 Å². The van der Waals surface area contributed by atoms with E-state index in [0.29, 0.717) is 19.4 Å². The van der Waals surface area contributed by atoms with E-state index in [9.17, 15) is 26.7 Å². The normalized spacial score (nSPS) is 24.7. The Bertz CT molecular complexity index is 1970. The smallest absolute Gasteiger partial charge is 0.417 e. The van der Waals surface area contributed by atoms with Crippen molar-refractivity contribution >= 4 is 33.9 Å². The van der Waals surface area contributed by atoms with Crippen LogP contribution in [0.3, 0.4) is 0 Å². The molecule has 49 heavy (non-hydrogen) atoms.